The molecule has 0 aromatic heterocycles. The largest absolute Gasteiger partial charge is 0.479 e. The van der Waals surface area contributed by atoms with Gasteiger partial charge in [-0.15, -0.1) is 0 Å². The van der Waals surface area contributed by atoms with E-state index >= 15 is 0 Å². The number of carbonyl (C=O) groups is 2. The maximum Gasteiger partial charge on any atom is 0.334 e. The predicted octanol–water partition coefficient (Wildman–Crippen LogP) is 0.900. The Kier molecular flexibility index (Phi) is 8.11. The molecule has 1 atom stereocenters. The number of aliphatic carboxylic acids is 1. The van der Waals surface area contributed by atoms with Crippen LogP contribution in [-0.4, -0.2) is 52.9 Å². The van der Waals surface area contributed by atoms with Crippen LogP contribution in [0.25, 0.3) is 0 Å². The average Bonchev–Trinajstić information content (AvgIpc) is 2.36. The van der Waals surface area contributed by atoms with Crippen LogP contribution in [0.5, 0.6) is 0 Å². The number of carboxylic acids is 1. The Bertz CT molecular complexity index is 267. The van der Waals surface area contributed by atoms with Crippen molar-refractivity contribution in [2.75, 3.05) is 19.6 Å². The number of rotatable bonds is 8. The average molecular weight is 260 g/mol. The lowest BCUT2D eigenvalue weighted by atomic mass is 10.0. The summed E-state index contributed by atoms with van der Waals surface area (Å²) in [5, 5.41) is 20.0. The van der Waals surface area contributed by atoms with Crippen molar-refractivity contribution in [3.05, 3.63) is 0 Å². The molecular formula is C12H24N2O4. The number of hydrogen-bond acceptors (Lipinski definition) is 3. The molecule has 1 unspecified atom stereocenters. The number of aliphatic hydroxyl groups is 1. The van der Waals surface area contributed by atoms with Crippen molar-refractivity contribution in [2.24, 2.45) is 5.92 Å². The molecule has 0 saturated heterocycles. The summed E-state index contributed by atoms with van der Waals surface area (Å²) in [6.45, 7) is 6.97. The van der Waals surface area contributed by atoms with E-state index in [9.17, 15) is 9.59 Å². The van der Waals surface area contributed by atoms with Crippen LogP contribution in [0.3, 0.4) is 0 Å². The molecule has 18 heavy (non-hydrogen) atoms. The summed E-state index contributed by atoms with van der Waals surface area (Å²) in [6.07, 6.45) is 0.441. The van der Waals surface area contributed by atoms with Gasteiger partial charge in [-0.3, -0.25) is 0 Å². The number of nitrogens with zero attached hydrogens (tertiary/aromatic N) is 1. The number of carboxylic acid groups (broad SMARTS) is 1. The molecule has 0 aromatic carbocycles. The number of hydrogen-bond donors (Lipinski definition) is 3. The van der Waals surface area contributed by atoms with Gasteiger partial charge in [0.05, 0.1) is 6.54 Å². The van der Waals surface area contributed by atoms with Crippen molar-refractivity contribution in [3.8, 4) is 0 Å². The maximum atomic E-state index is 11.8. The van der Waals surface area contributed by atoms with Crippen molar-refractivity contribution in [3.63, 3.8) is 0 Å². The third-order valence-corrected chi connectivity index (χ3v) is 3.03. The molecule has 6 nitrogen and oxygen atoms in total. The van der Waals surface area contributed by atoms with Crippen LogP contribution >= 0.6 is 0 Å². The standard InChI is InChI=1S/C12H24N2O4/c1-4-9(5-2)8-14(6-3)12(18)13-7-10(15)11(16)17/h9-10,15H,4-8H2,1-3H3,(H,13,18)(H,16,17). The summed E-state index contributed by atoms with van der Waals surface area (Å²) < 4.78 is 0. The summed E-state index contributed by atoms with van der Waals surface area (Å²) in [4.78, 5) is 23.8. The van der Waals surface area contributed by atoms with E-state index in [1.54, 1.807) is 4.90 Å². The molecular weight excluding hydrogens is 236 g/mol. The Hall–Kier alpha value is -1.30. The summed E-state index contributed by atoms with van der Waals surface area (Å²) in [5.41, 5.74) is 0. The second-order valence-electron chi connectivity index (χ2n) is 4.26. The minimum absolute atomic E-state index is 0.270. The number of aliphatic hydroxyl groups excluding tert-OH is 1. The van der Waals surface area contributed by atoms with E-state index in [1.807, 2.05) is 6.92 Å². The van der Waals surface area contributed by atoms with Gasteiger partial charge in [0.1, 0.15) is 0 Å². The Balaban J connectivity index is 4.22. The van der Waals surface area contributed by atoms with E-state index in [1.165, 1.54) is 0 Å². The lowest BCUT2D eigenvalue weighted by Gasteiger charge is -2.25. The van der Waals surface area contributed by atoms with Crippen molar-refractivity contribution in [1.29, 1.82) is 0 Å². The van der Waals surface area contributed by atoms with Crippen molar-refractivity contribution >= 4 is 12.0 Å². The van der Waals surface area contributed by atoms with Gasteiger partial charge in [-0.25, -0.2) is 9.59 Å². The Morgan fingerprint density at radius 1 is 1.22 bits per heavy atom. The first kappa shape index (κ1) is 16.7. The van der Waals surface area contributed by atoms with Crippen LogP contribution in [0.4, 0.5) is 4.79 Å². The first-order valence-electron chi connectivity index (χ1n) is 6.39. The zero-order chi connectivity index (χ0) is 14.1. The van der Waals surface area contributed by atoms with Gasteiger partial charge in [0.25, 0.3) is 0 Å². The van der Waals surface area contributed by atoms with Crippen molar-refractivity contribution in [2.45, 2.75) is 39.7 Å². The fourth-order valence-corrected chi connectivity index (χ4v) is 1.60. The highest BCUT2D eigenvalue weighted by molar-refractivity contribution is 5.76. The van der Waals surface area contributed by atoms with E-state index in [0.717, 1.165) is 12.8 Å². The van der Waals surface area contributed by atoms with E-state index < -0.39 is 12.1 Å². The highest BCUT2D eigenvalue weighted by Gasteiger charge is 2.18. The zero-order valence-corrected chi connectivity index (χ0v) is 11.3. The smallest absolute Gasteiger partial charge is 0.334 e. The Morgan fingerprint density at radius 2 is 1.78 bits per heavy atom. The number of nitrogens with one attached hydrogen (secondary N) is 1. The molecule has 0 bridgehead atoms. The fourth-order valence-electron chi connectivity index (χ4n) is 1.60. The van der Waals surface area contributed by atoms with Crippen LogP contribution in [0, 0.1) is 5.92 Å². The Morgan fingerprint density at radius 3 is 2.17 bits per heavy atom. The lowest BCUT2D eigenvalue weighted by molar-refractivity contribution is -0.146. The van der Waals surface area contributed by atoms with E-state index in [2.05, 4.69) is 19.2 Å². The van der Waals surface area contributed by atoms with E-state index in [4.69, 9.17) is 10.2 Å². The van der Waals surface area contributed by atoms with Gasteiger partial charge < -0.3 is 20.4 Å². The van der Waals surface area contributed by atoms with Crippen LogP contribution in [0.15, 0.2) is 0 Å². The second-order valence-corrected chi connectivity index (χ2v) is 4.26. The predicted molar refractivity (Wildman–Crippen MR) is 68.4 cm³/mol. The molecule has 0 aromatic rings. The van der Waals surface area contributed by atoms with Crippen molar-refractivity contribution < 1.29 is 19.8 Å². The zero-order valence-electron chi connectivity index (χ0n) is 11.3. The van der Waals surface area contributed by atoms with Gasteiger partial charge >= 0.3 is 12.0 Å². The summed E-state index contributed by atoms with van der Waals surface area (Å²) in [6, 6.07) is -0.329. The molecule has 0 saturated carbocycles. The van der Waals surface area contributed by atoms with Crippen LogP contribution in [0.1, 0.15) is 33.6 Å². The first-order valence-corrected chi connectivity index (χ1v) is 6.39. The molecule has 0 spiro atoms. The molecule has 2 amide bonds. The second kappa shape index (κ2) is 8.74. The monoisotopic (exact) mass is 260 g/mol. The van der Waals surface area contributed by atoms with Gasteiger partial charge in [0, 0.05) is 13.1 Å². The van der Waals surface area contributed by atoms with E-state index in [-0.39, 0.29) is 12.6 Å². The Labute approximate surface area is 108 Å². The minimum atomic E-state index is -1.55. The van der Waals surface area contributed by atoms with Gasteiger partial charge in [-0.2, -0.15) is 0 Å². The van der Waals surface area contributed by atoms with Gasteiger partial charge in [0.2, 0.25) is 0 Å². The number of amides is 2. The third-order valence-electron chi connectivity index (χ3n) is 3.03. The molecule has 0 radical (unpaired) electrons. The maximum absolute atomic E-state index is 11.8. The van der Waals surface area contributed by atoms with Gasteiger partial charge in [0.15, 0.2) is 6.10 Å². The summed E-state index contributed by atoms with van der Waals surface area (Å²) in [7, 11) is 0. The quantitative estimate of drug-likeness (QED) is 0.605. The molecule has 0 heterocycles. The van der Waals surface area contributed by atoms with Crippen LogP contribution in [0.2, 0.25) is 0 Å². The van der Waals surface area contributed by atoms with Gasteiger partial charge in [-0.05, 0) is 12.8 Å². The molecule has 0 aliphatic rings. The lowest BCUT2D eigenvalue weighted by Crippen LogP contribution is -2.45. The normalized spacial score (nSPS) is 12.3. The summed E-state index contributed by atoms with van der Waals surface area (Å²) in [5.74, 6) is -0.890. The molecule has 3 N–H and O–H groups in total. The molecule has 6 heteroatoms. The molecule has 0 aliphatic carbocycles. The highest BCUT2D eigenvalue weighted by Crippen LogP contribution is 2.09. The summed E-state index contributed by atoms with van der Waals surface area (Å²) >= 11 is 0. The SMILES string of the molecule is CCC(CC)CN(CC)C(=O)NCC(O)C(=O)O. The van der Waals surface area contributed by atoms with Crippen LogP contribution < -0.4 is 5.32 Å². The highest BCUT2D eigenvalue weighted by atomic mass is 16.4. The van der Waals surface area contributed by atoms with Crippen LogP contribution in [-0.2, 0) is 4.79 Å². The number of carbonyl (C=O) groups excluding carboxylic acids is 1. The first-order chi connectivity index (χ1) is 8.46. The molecule has 0 aliphatic heterocycles. The fraction of sp³-hybridized carbons (Fsp3) is 0.833. The topological polar surface area (TPSA) is 89.9 Å². The molecule has 0 fully saturated rings. The molecule has 106 valence electrons. The van der Waals surface area contributed by atoms with E-state index in [0.29, 0.717) is 19.0 Å². The van der Waals surface area contributed by atoms with Crippen molar-refractivity contribution in [1.82, 2.24) is 10.2 Å². The number of urea groups is 1. The minimum Gasteiger partial charge on any atom is -0.479 e. The van der Waals surface area contributed by atoms with Gasteiger partial charge in [-0.1, -0.05) is 26.7 Å². The third kappa shape index (κ3) is 5.86. The molecule has 0 rings (SSSR count).